The number of carbonyl (C=O) groups is 1. The first kappa shape index (κ1) is 15.1. The van der Waals surface area contributed by atoms with Gasteiger partial charge in [-0.05, 0) is 60.3 Å². The molecule has 0 saturated heterocycles. The van der Waals surface area contributed by atoms with E-state index in [1.807, 2.05) is 6.08 Å². The summed E-state index contributed by atoms with van der Waals surface area (Å²) in [6.45, 7) is 13.3. The van der Waals surface area contributed by atoms with Crippen molar-refractivity contribution in [3.8, 4) is 0 Å². The standard InChI is InChI=1S/C20H30O/c1-6-19(4)11-8-15-14(13-19)12-16(21)17-18(2,3)9-7-10-20(15,17)5/h6,12,15,17H,1,7-11,13H2,2-5H3/t15-,17-,19-,20+/m0/s1. The minimum atomic E-state index is 0.158. The molecule has 3 aliphatic rings. The Morgan fingerprint density at radius 3 is 2.57 bits per heavy atom. The van der Waals surface area contributed by atoms with E-state index in [2.05, 4.69) is 40.3 Å². The van der Waals surface area contributed by atoms with E-state index in [0.717, 1.165) is 6.42 Å². The van der Waals surface area contributed by atoms with Crippen LogP contribution in [0.25, 0.3) is 0 Å². The van der Waals surface area contributed by atoms with E-state index in [9.17, 15) is 4.79 Å². The molecule has 4 atom stereocenters. The van der Waals surface area contributed by atoms with Gasteiger partial charge < -0.3 is 0 Å². The third-order valence-corrected chi connectivity index (χ3v) is 6.94. The zero-order valence-electron chi connectivity index (χ0n) is 14.2. The summed E-state index contributed by atoms with van der Waals surface area (Å²) in [5.74, 6) is 1.25. The Kier molecular flexibility index (Phi) is 3.28. The molecule has 21 heavy (non-hydrogen) atoms. The lowest BCUT2D eigenvalue weighted by Crippen LogP contribution is -2.53. The van der Waals surface area contributed by atoms with Gasteiger partial charge in [-0.15, -0.1) is 6.58 Å². The first-order valence-corrected chi connectivity index (χ1v) is 8.60. The van der Waals surface area contributed by atoms with Crippen LogP contribution in [0.15, 0.2) is 24.3 Å². The van der Waals surface area contributed by atoms with E-state index in [1.54, 1.807) is 0 Å². The first-order valence-electron chi connectivity index (χ1n) is 8.60. The molecule has 3 aliphatic carbocycles. The van der Waals surface area contributed by atoms with Crippen molar-refractivity contribution >= 4 is 5.78 Å². The molecule has 0 radical (unpaired) electrons. The summed E-state index contributed by atoms with van der Waals surface area (Å²) in [4.78, 5) is 12.9. The molecular formula is C20H30O. The van der Waals surface area contributed by atoms with Gasteiger partial charge in [-0.3, -0.25) is 4.79 Å². The summed E-state index contributed by atoms with van der Waals surface area (Å²) >= 11 is 0. The van der Waals surface area contributed by atoms with Gasteiger partial charge in [-0.2, -0.15) is 0 Å². The summed E-state index contributed by atoms with van der Waals surface area (Å²) in [7, 11) is 0. The van der Waals surface area contributed by atoms with Crippen LogP contribution < -0.4 is 0 Å². The van der Waals surface area contributed by atoms with Gasteiger partial charge in [0.2, 0.25) is 0 Å². The van der Waals surface area contributed by atoms with Crippen molar-refractivity contribution in [3.63, 3.8) is 0 Å². The van der Waals surface area contributed by atoms with Crippen LogP contribution in [0.4, 0.5) is 0 Å². The number of ketones is 1. The number of allylic oxidation sites excluding steroid dienone is 3. The van der Waals surface area contributed by atoms with Gasteiger partial charge in [0.25, 0.3) is 0 Å². The van der Waals surface area contributed by atoms with Crippen molar-refractivity contribution < 1.29 is 4.79 Å². The van der Waals surface area contributed by atoms with E-state index < -0.39 is 0 Å². The Morgan fingerprint density at radius 2 is 1.90 bits per heavy atom. The van der Waals surface area contributed by atoms with Gasteiger partial charge in [-0.1, -0.05) is 45.8 Å². The minimum Gasteiger partial charge on any atom is -0.295 e. The molecule has 0 N–H and O–H groups in total. The van der Waals surface area contributed by atoms with Crippen molar-refractivity contribution in [1.29, 1.82) is 0 Å². The van der Waals surface area contributed by atoms with Crippen molar-refractivity contribution in [2.45, 2.75) is 66.2 Å². The van der Waals surface area contributed by atoms with Gasteiger partial charge in [0, 0.05) is 5.92 Å². The molecule has 1 heteroatoms. The lowest BCUT2D eigenvalue weighted by molar-refractivity contribution is -0.137. The van der Waals surface area contributed by atoms with Crippen molar-refractivity contribution in [2.75, 3.05) is 0 Å². The lowest BCUT2D eigenvalue weighted by Gasteiger charge is -2.58. The molecule has 0 aromatic heterocycles. The molecule has 2 fully saturated rings. The Balaban J connectivity index is 2.03. The van der Waals surface area contributed by atoms with E-state index in [4.69, 9.17) is 0 Å². The Morgan fingerprint density at radius 1 is 1.19 bits per heavy atom. The third kappa shape index (κ3) is 2.15. The summed E-state index contributed by atoms with van der Waals surface area (Å²) in [6.07, 6.45) is 11.3. The summed E-state index contributed by atoms with van der Waals surface area (Å²) < 4.78 is 0. The molecular weight excluding hydrogens is 256 g/mol. The molecule has 0 unspecified atom stereocenters. The van der Waals surface area contributed by atoms with E-state index >= 15 is 0 Å². The van der Waals surface area contributed by atoms with Crippen LogP contribution in [0.5, 0.6) is 0 Å². The maximum atomic E-state index is 12.9. The highest BCUT2D eigenvalue weighted by molar-refractivity contribution is 5.95. The maximum absolute atomic E-state index is 12.9. The molecule has 1 nitrogen and oxygen atoms in total. The quantitative estimate of drug-likeness (QED) is 0.596. The summed E-state index contributed by atoms with van der Waals surface area (Å²) in [5.41, 5.74) is 1.96. The van der Waals surface area contributed by atoms with Gasteiger partial charge in [-0.25, -0.2) is 0 Å². The molecule has 3 rings (SSSR count). The number of hydrogen-bond donors (Lipinski definition) is 0. The second-order valence-electron chi connectivity index (χ2n) is 9.03. The third-order valence-electron chi connectivity index (χ3n) is 6.94. The second-order valence-corrected chi connectivity index (χ2v) is 9.03. The molecule has 0 aliphatic heterocycles. The SMILES string of the molecule is C=C[C@@]1(C)CC[C@H]2C(=CC(=O)[C@H]3C(C)(C)CCC[C@]23C)C1. The number of rotatable bonds is 1. The number of fused-ring (bicyclic) bond motifs is 3. The largest absolute Gasteiger partial charge is 0.295 e. The molecule has 0 heterocycles. The van der Waals surface area contributed by atoms with E-state index in [0.29, 0.717) is 11.7 Å². The molecule has 116 valence electrons. The zero-order valence-corrected chi connectivity index (χ0v) is 14.2. The van der Waals surface area contributed by atoms with Crippen LogP contribution in [0.2, 0.25) is 0 Å². The van der Waals surface area contributed by atoms with Crippen LogP contribution in [-0.4, -0.2) is 5.78 Å². The summed E-state index contributed by atoms with van der Waals surface area (Å²) in [6, 6.07) is 0. The highest BCUT2D eigenvalue weighted by Crippen LogP contribution is 2.62. The van der Waals surface area contributed by atoms with Crippen LogP contribution in [0.3, 0.4) is 0 Å². The van der Waals surface area contributed by atoms with Gasteiger partial charge in [0.05, 0.1) is 0 Å². The highest BCUT2D eigenvalue weighted by atomic mass is 16.1. The van der Waals surface area contributed by atoms with Crippen molar-refractivity contribution in [2.24, 2.45) is 28.1 Å². The number of carbonyl (C=O) groups excluding carboxylic acids is 1. The Bertz CT molecular complexity index is 512. The molecule has 2 saturated carbocycles. The second kappa shape index (κ2) is 4.57. The lowest BCUT2D eigenvalue weighted by atomic mass is 9.45. The van der Waals surface area contributed by atoms with E-state index in [1.165, 1.54) is 37.7 Å². The topological polar surface area (TPSA) is 17.1 Å². The van der Waals surface area contributed by atoms with Crippen LogP contribution in [0, 0.1) is 28.1 Å². The fourth-order valence-corrected chi connectivity index (χ4v) is 5.87. The molecule has 0 amide bonds. The first-order chi connectivity index (χ1) is 9.72. The zero-order chi connectivity index (χ0) is 15.5. The average molecular weight is 286 g/mol. The van der Waals surface area contributed by atoms with Crippen LogP contribution in [-0.2, 0) is 4.79 Å². The number of hydrogen-bond acceptors (Lipinski definition) is 1. The maximum Gasteiger partial charge on any atom is 0.159 e. The van der Waals surface area contributed by atoms with Crippen LogP contribution in [0.1, 0.15) is 66.2 Å². The van der Waals surface area contributed by atoms with Gasteiger partial charge in [0.15, 0.2) is 5.78 Å². The predicted molar refractivity (Wildman–Crippen MR) is 88.0 cm³/mol. The van der Waals surface area contributed by atoms with E-state index in [-0.39, 0.29) is 22.2 Å². The summed E-state index contributed by atoms with van der Waals surface area (Å²) in [5, 5.41) is 0. The Labute approximate surface area is 129 Å². The van der Waals surface area contributed by atoms with Gasteiger partial charge in [0.1, 0.15) is 0 Å². The van der Waals surface area contributed by atoms with Crippen LogP contribution >= 0.6 is 0 Å². The predicted octanol–water partition coefficient (Wildman–Crippen LogP) is 5.32. The highest BCUT2D eigenvalue weighted by Gasteiger charge is 2.57. The Hall–Kier alpha value is -0.850. The van der Waals surface area contributed by atoms with Crippen molar-refractivity contribution in [3.05, 3.63) is 24.3 Å². The van der Waals surface area contributed by atoms with Gasteiger partial charge >= 0.3 is 0 Å². The fourth-order valence-electron chi connectivity index (χ4n) is 5.87. The molecule has 0 aromatic carbocycles. The smallest absolute Gasteiger partial charge is 0.159 e. The van der Waals surface area contributed by atoms with Crippen molar-refractivity contribution in [1.82, 2.24) is 0 Å². The average Bonchev–Trinajstić information content (AvgIpc) is 2.36. The monoisotopic (exact) mass is 286 g/mol. The normalized spacial score (nSPS) is 45.3. The minimum absolute atomic E-state index is 0.158. The molecule has 0 spiro atoms. The molecule has 0 aromatic rings. The molecule has 0 bridgehead atoms. The fraction of sp³-hybridized carbons (Fsp3) is 0.750.